The van der Waals surface area contributed by atoms with Gasteiger partial charge in [-0.05, 0) is 31.4 Å². The van der Waals surface area contributed by atoms with Crippen molar-refractivity contribution in [2.45, 2.75) is 46.1 Å². The molecule has 3 rings (SSSR count). The number of hydrogen-bond acceptors (Lipinski definition) is 5. The van der Waals surface area contributed by atoms with Gasteiger partial charge in [-0.1, -0.05) is 67.1 Å². The van der Waals surface area contributed by atoms with Crippen LogP contribution in [-0.4, -0.2) is 25.9 Å². The van der Waals surface area contributed by atoms with E-state index in [1.807, 2.05) is 37.3 Å². The van der Waals surface area contributed by atoms with Gasteiger partial charge in [-0.2, -0.15) is 5.10 Å². The van der Waals surface area contributed by atoms with Crippen molar-refractivity contribution >= 4 is 40.1 Å². The lowest BCUT2D eigenvalue weighted by Crippen LogP contribution is -2.07. The first-order chi connectivity index (χ1) is 14.0. The summed E-state index contributed by atoms with van der Waals surface area (Å²) in [5.74, 6) is 0.106. The average molecular weight is 430 g/mol. The van der Waals surface area contributed by atoms with E-state index in [1.165, 1.54) is 17.4 Å². The van der Waals surface area contributed by atoms with E-state index in [2.05, 4.69) is 34.5 Å². The number of aryl methyl sites for hydroxylation is 1. The van der Waals surface area contributed by atoms with Gasteiger partial charge in [0.05, 0.1) is 12.2 Å². The Balaban J connectivity index is 1.67. The summed E-state index contributed by atoms with van der Waals surface area (Å²) in [6, 6.07) is 9.97. The molecule has 29 heavy (non-hydrogen) atoms. The molecule has 0 spiro atoms. The van der Waals surface area contributed by atoms with Gasteiger partial charge >= 0.3 is 0 Å². The Labute approximate surface area is 179 Å². The molecule has 6 nitrogen and oxygen atoms in total. The number of aromatic nitrogens is 4. The first-order valence-corrected chi connectivity index (χ1v) is 10.8. The van der Waals surface area contributed by atoms with Gasteiger partial charge in [-0.25, -0.2) is 4.68 Å². The van der Waals surface area contributed by atoms with Crippen LogP contribution >= 0.6 is 22.9 Å². The lowest BCUT2D eigenvalue weighted by Gasteiger charge is -2.05. The first-order valence-electron chi connectivity index (χ1n) is 9.61. The number of nitrogens with one attached hydrogen (secondary N) is 1. The number of rotatable bonds is 8. The molecule has 0 saturated carbocycles. The molecule has 8 heteroatoms. The number of carbonyl (C=O) groups is 1. The van der Waals surface area contributed by atoms with Gasteiger partial charge in [0, 0.05) is 17.6 Å². The van der Waals surface area contributed by atoms with Crippen LogP contribution in [0.4, 0.5) is 5.13 Å². The molecule has 0 aliphatic heterocycles. The molecule has 0 fully saturated rings. The third-order valence-electron chi connectivity index (χ3n) is 4.69. The second-order valence-corrected chi connectivity index (χ2v) is 8.08. The van der Waals surface area contributed by atoms with Crippen molar-refractivity contribution in [1.29, 1.82) is 0 Å². The third-order valence-corrected chi connectivity index (χ3v) is 6.09. The average Bonchev–Trinajstić information content (AvgIpc) is 3.27. The van der Waals surface area contributed by atoms with Crippen molar-refractivity contribution in [3.63, 3.8) is 0 Å². The van der Waals surface area contributed by atoms with Crippen LogP contribution in [0.1, 0.15) is 54.4 Å². The number of hydrogen-bond donors (Lipinski definition) is 1. The molecule has 0 unspecified atom stereocenters. The van der Waals surface area contributed by atoms with E-state index in [9.17, 15) is 4.79 Å². The molecule has 0 aliphatic carbocycles. The van der Waals surface area contributed by atoms with Gasteiger partial charge in [0.15, 0.2) is 0 Å². The summed E-state index contributed by atoms with van der Waals surface area (Å²) in [4.78, 5) is 12.3. The van der Waals surface area contributed by atoms with E-state index in [0.29, 0.717) is 22.7 Å². The second kappa shape index (κ2) is 9.80. The highest BCUT2D eigenvalue weighted by Gasteiger charge is 2.15. The Bertz CT molecular complexity index is 992. The molecule has 1 N–H and O–H groups in total. The highest BCUT2D eigenvalue weighted by molar-refractivity contribution is 7.15. The molecule has 1 aromatic carbocycles. The van der Waals surface area contributed by atoms with Crippen molar-refractivity contribution in [1.82, 2.24) is 20.0 Å². The van der Waals surface area contributed by atoms with Crippen LogP contribution in [-0.2, 0) is 11.3 Å². The highest BCUT2D eigenvalue weighted by Crippen LogP contribution is 2.28. The number of amides is 1. The van der Waals surface area contributed by atoms with Gasteiger partial charge in [-0.15, -0.1) is 10.2 Å². The van der Waals surface area contributed by atoms with E-state index in [0.717, 1.165) is 34.7 Å². The lowest BCUT2D eigenvalue weighted by molar-refractivity contribution is -0.111. The van der Waals surface area contributed by atoms with Crippen LogP contribution in [0.5, 0.6) is 0 Å². The third kappa shape index (κ3) is 5.31. The predicted molar refractivity (Wildman–Crippen MR) is 118 cm³/mol. The van der Waals surface area contributed by atoms with Gasteiger partial charge in [-0.3, -0.25) is 10.1 Å². The number of nitrogens with zero attached hydrogens (tertiary/aromatic N) is 4. The molecule has 152 valence electrons. The van der Waals surface area contributed by atoms with E-state index in [-0.39, 0.29) is 5.91 Å². The van der Waals surface area contributed by atoms with E-state index in [1.54, 1.807) is 10.8 Å². The monoisotopic (exact) mass is 429 g/mol. The van der Waals surface area contributed by atoms with Gasteiger partial charge in [0.25, 0.3) is 0 Å². The summed E-state index contributed by atoms with van der Waals surface area (Å²) >= 11 is 7.91. The van der Waals surface area contributed by atoms with Crippen LogP contribution < -0.4 is 5.32 Å². The molecule has 0 atom stereocenters. The summed E-state index contributed by atoms with van der Waals surface area (Å²) in [5.41, 5.74) is 2.60. The minimum absolute atomic E-state index is 0.275. The van der Waals surface area contributed by atoms with Crippen molar-refractivity contribution in [3.05, 3.63) is 63.4 Å². The zero-order valence-electron chi connectivity index (χ0n) is 16.7. The topological polar surface area (TPSA) is 72.7 Å². The quantitative estimate of drug-likeness (QED) is 0.493. The van der Waals surface area contributed by atoms with Crippen molar-refractivity contribution in [2.24, 2.45) is 0 Å². The maximum absolute atomic E-state index is 12.3. The number of anilines is 1. The van der Waals surface area contributed by atoms with Crippen molar-refractivity contribution in [2.75, 3.05) is 5.32 Å². The molecular weight excluding hydrogens is 406 g/mol. The Morgan fingerprint density at radius 1 is 1.24 bits per heavy atom. The predicted octanol–water partition coefficient (Wildman–Crippen LogP) is 5.30. The van der Waals surface area contributed by atoms with Gasteiger partial charge < -0.3 is 0 Å². The standard InChI is InChI=1S/C21H24ClN5OS/c1-4-16(5-2)20-24-25-21(29-20)23-18(28)12-11-17-14(3)26-27(19(17)22)13-15-9-7-6-8-10-15/h6-12,16H,4-5,13H2,1-3H3,(H,23,25,28)/b12-11+. The van der Waals surface area contributed by atoms with E-state index >= 15 is 0 Å². The maximum atomic E-state index is 12.3. The zero-order chi connectivity index (χ0) is 20.8. The minimum Gasteiger partial charge on any atom is -0.297 e. The summed E-state index contributed by atoms with van der Waals surface area (Å²) in [5, 5.41) is 17.5. The van der Waals surface area contributed by atoms with E-state index in [4.69, 9.17) is 11.6 Å². The Morgan fingerprint density at radius 2 is 1.97 bits per heavy atom. The highest BCUT2D eigenvalue weighted by atomic mass is 35.5. The number of benzene rings is 1. The Hall–Kier alpha value is -2.51. The summed E-state index contributed by atoms with van der Waals surface area (Å²) in [7, 11) is 0. The van der Waals surface area contributed by atoms with Crippen LogP contribution in [0.2, 0.25) is 5.15 Å². The second-order valence-electron chi connectivity index (χ2n) is 6.71. The Morgan fingerprint density at radius 3 is 2.66 bits per heavy atom. The summed E-state index contributed by atoms with van der Waals surface area (Å²) < 4.78 is 1.73. The number of halogens is 1. The molecule has 0 saturated heterocycles. The number of carbonyl (C=O) groups excluding carboxylic acids is 1. The SMILES string of the molecule is CCC(CC)c1nnc(NC(=O)/C=C/c2c(C)nn(Cc3ccccc3)c2Cl)s1. The fourth-order valence-electron chi connectivity index (χ4n) is 3.01. The molecule has 2 aromatic heterocycles. The molecule has 0 aliphatic rings. The van der Waals surface area contributed by atoms with Crippen molar-refractivity contribution < 1.29 is 4.79 Å². The Kier molecular flexibility index (Phi) is 7.17. The molecule has 0 bridgehead atoms. The normalized spacial score (nSPS) is 11.5. The first kappa shape index (κ1) is 21.2. The largest absolute Gasteiger partial charge is 0.297 e. The van der Waals surface area contributed by atoms with Crippen LogP contribution in [0.25, 0.3) is 6.08 Å². The van der Waals surface area contributed by atoms with Crippen LogP contribution in [0.15, 0.2) is 36.4 Å². The fourth-order valence-corrected chi connectivity index (χ4v) is 4.32. The van der Waals surface area contributed by atoms with Crippen molar-refractivity contribution in [3.8, 4) is 0 Å². The molecular formula is C21H24ClN5OS. The van der Waals surface area contributed by atoms with Crippen LogP contribution in [0, 0.1) is 6.92 Å². The molecule has 1 amide bonds. The molecule has 2 heterocycles. The van der Waals surface area contributed by atoms with E-state index < -0.39 is 0 Å². The van der Waals surface area contributed by atoms with Gasteiger partial charge in [0.2, 0.25) is 11.0 Å². The summed E-state index contributed by atoms with van der Waals surface area (Å²) in [6.07, 6.45) is 5.14. The maximum Gasteiger partial charge on any atom is 0.250 e. The van der Waals surface area contributed by atoms with Gasteiger partial charge in [0.1, 0.15) is 10.2 Å². The fraction of sp³-hybridized carbons (Fsp3) is 0.333. The lowest BCUT2D eigenvalue weighted by atomic mass is 10.1. The zero-order valence-corrected chi connectivity index (χ0v) is 18.3. The molecule has 3 aromatic rings. The smallest absolute Gasteiger partial charge is 0.250 e. The minimum atomic E-state index is -0.275. The molecule has 0 radical (unpaired) electrons. The summed E-state index contributed by atoms with van der Waals surface area (Å²) in [6.45, 7) is 6.70. The van der Waals surface area contributed by atoms with Crippen LogP contribution in [0.3, 0.4) is 0 Å².